The van der Waals surface area contributed by atoms with E-state index >= 15 is 0 Å². The number of hydrogen-bond donors (Lipinski definition) is 1. The second-order valence-corrected chi connectivity index (χ2v) is 7.93. The molecule has 0 atom stereocenters. The average molecular weight is 395 g/mol. The molecular weight excluding hydrogens is 372 g/mol. The fourth-order valence-electron chi connectivity index (χ4n) is 2.77. The third-order valence-corrected chi connectivity index (χ3v) is 5.54. The normalized spacial score (nSPS) is 11.4. The first kappa shape index (κ1) is 18.4. The number of aromatic nitrogens is 7. The predicted molar refractivity (Wildman–Crippen MR) is 112 cm³/mol. The fourth-order valence-corrected chi connectivity index (χ4v) is 3.74. The van der Waals surface area contributed by atoms with E-state index in [-0.39, 0.29) is 0 Å². The summed E-state index contributed by atoms with van der Waals surface area (Å²) in [6.07, 6.45) is 5.47. The number of pyridine rings is 1. The first-order chi connectivity index (χ1) is 13.6. The van der Waals surface area contributed by atoms with Gasteiger partial charge in [0.05, 0.1) is 17.6 Å². The van der Waals surface area contributed by atoms with Crippen molar-refractivity contribution in [3.05, 3.63) is 48.7 Å². The maximum atomic E-state index is 4.62. The number of nitrogens with zero attached hydrogens (tertiary/aromatic N) is 7. The lowest BCUT2D eigenvalue weighted by molar-refractivity contribution is 0.749. The summed E-state index contributed by atoms with van der Waals surface area (Å²) in [4.78, 5) is 8.91. The quantitative estimate of drug-likeness (QED) is 0.513. The number of thioether (sulfide) groups is 1. The number of anilines is 2. The largest absolute Gasteiger partial charge is 0.309 e. The molecule has 4 rings (SSSR count). The Morgan fingerprint density at radius 2 is 2.04 bits per heavy atom. The molecule has 0 aliphatic heterocycles. The lowest BCUT2D eigenvalue weighted by Crippen LogP contribution is -2.03. The number of hydrogen-bond acceptors (Lipinski definition) is 7. The fraction of sp³-hybridized carbons (Fsp3) is 0.316. The van der Waals surface area contributed by atoms with E-state index in [1.165, 1.54) is 0 Å². The van der Waals surface area contributed by atoms with Crippen LogP contribution in [0, 0.1) is 5.92 Å². The second-order valence-electron chi connectivity index (χ2n) is 6.90. The molecule has 0 aliphatic rings. The van der Waals surface area contributed by atoms with Crippen LogP contribution in [0.25, 0.3) is 16.9 Å². The van der Waals surface area contributed by atoms with Gasteiger partial charge in [0.1, 0.15) is 11.6 Å². The Bertz CT molecular complexity index is 1080. The van der Waals surface area contributed by atoms with Crippen molar-refractivity contribution in [2.75, 3.05) is 11.1 Å². The van der Waals surface area contributed by atoms with E-state index < -0.39 is 0 Å². The highest BCUT2D eigenvalue weighted by atomic mass is 32.2. The maximum Gasteiger partial charge on any atom is 0.228 e. The predicted octanol–water partition coefficient (Wildman–Crippen LogP) is 3.55. The zero-order valence-electron chi connectivity index (χ0n) is 16.1. The third kappa shape index (κ3) is 3.99. The van der Waals surface area contributed by atoms with Gasteiger partial charge in [0.25, 0.3) is 0 Å². The van der Waals surface area contributed by atoms with Crippen LogP contribution in [0.15, 0.2) is 42.9 Å². The molecule has 1 N–H and O–H groups in total. The van der Waals surface area contributed by atoms with Crippen molar-refractivity contribution in [2.24, 2.45) is 13.0 Å². The van der Waals surface area contributed by atoms with Crippen LogP contribution in [0.5, 0.6) is 0 Å². The molecule has 0 bridgehead atoms. The molecule has 0 saturated heterocycles. The molecule has 9 heteroatoms. The van der Waals surface area contributed by atoms with Crippen LogP contribution < -0.4 is 5.32 Å². The van der Waals surface area contributed by atoms with Gasteiger partial charge in [0, 0.05) is 31.1 Å². The van der Waals surface area contributed by atoms with Crippen molar-refractivity contribution in [1.82, 2.24) is 34.3 Å². The van der Waals surface area contributed by atoms with Crippen molar-refractivity contribution in [3.8, 4) is 11.3 Å². The summed E-state index contributed by atoms with van der Waals surface area (Å²) in [5.74, 6) is 4.95. The van der Waals surface area contributed by atoms with Gasteiger partial charge in [-0.05, 0) is 29.9 Å². The molecule has 0 unspecified atom stereocenters. The molecule has 28 heavy (non-hydrogen) atoms. The minimum Gasteiger partial charge on any atom is -0.309 e. The molecule has 0 aliphatic carbocycles. The first-order valence-corrected chi connectivity index (χ1v) is 10.3. The van der Waals surface area contributed by atoms with E-state index in [0.717, 1.165) is 40.1 Å². The summed E-state index contributed by atoms with van der Waals surface area (Å²) in [7, 11) is 1.86. The monoisotopic (exact) mass is 394 g/mol. The molecule has 0 radical (unpaired) electrons. The highest BCUT2D eigenvalue weighted by Gasteiger charge is 2.10. The van der Waals surface area contributed by atoms with E-state index in [1.807, 2.05) is 53.7 Å². The zero-order valence-corrected chi connectivity index (χ0v) is 16.9. The second kappa shape index (κ2) is 7.97. The topological polar surface area (TPSA) is 85.8 Å². The molecule has 0 saturated carbocycles. The summed E-state index contributed by atoms with van der Waals surface area (Å²) in [6, 6.07) is 7.79. The van der Waals surface area contributed by atoms with E-state index in [2.05, 4.69) is 44.4 Å². The molecule has 4 aromatic heterocycles. The van der Waals surface area contributed by atoms with Crippen LogP contribution in [0.2, 0.25) is 0 Å². The van der Waals surface area contributed by atoms with Gasteiger partial charge >= 0.3 is 0 Å². The molecule has 144 valence electrons. The highest BCUT2D eigenvalue weighted by Crippen LogP contribution is 2.22. The van der Waals surface area contributed by atoms with E-state index in [1.54, 1.807) is 17.1 Å². The summed E-state index contributed by atoms with van der Waals surface area (Å²) in [5.41, 5.74) is 2.61. The standard InChI is InChI=1S/C19H22N8S/c1-13(2)11-28-12-18-25-24-17-10-14(6-9-27(17)18)15-4-7-20-19(22-15)23-16-5-8-21-26(16)3/h4-10,13H,11-12H2,1-3H3,(H,20,22,23). The Hall–Kier alpha value is -2.94. The average Bonchev–Trinajstić information content (AvgIpc) is 3.28. The van der Waals surface area contributed by atoms with Crippen LogP contribution in [0.4, 0.5) is 11.8 Å². The van der Waals surface area contributed by atoms with Crippen molar-refractivity contribution >= 4 is 29.2 Å². The number of fused-ring (bicyclic) bond motifs is 1. The Balaban J connectivity index is 1.56. The Morgan fingerprint density at radius 3 is 2.82 bits per heavy atom. The number of nitrogens with one attached hydrogen (secondary N) is 1. The molecule has 0 amide bonds. The van der Waals surface area contributed by atoms with Gasteiger partial charge in [0.2, 0.25) is 5.95 Å². The molecule has 8 nitrogen and oxygen atoms in total. The van der Waals surface area contributed by atoms with Gasteiger partial charge in [-0.15, -0.1) is 10.2 Å². The molecule has 0 fully saturated rings. The van der Waals surface area contributed by atoms with Crippen LogP contribution in [0.1, 0.15) is 19.7 Å². The first-order valence-electron chi connectivity index (χ1n) is 9.10. The highest BCUT2D eigenvalue weighted by molar-refractivity contribution is 7.98. The zero-order chi connectivity index (χ0) is 19.5. The number of rotatable bonds is 7. The van der Waals surface area contributed by atoms with E-state index in [9.17, 15) is 0 Å². The Morgan fingerprint density at radius 1 is 1.14 bits per heavy atom. The van der Waals surface area contributed by atoms with Gasteiger partial charge in [-0.1, -0.05) is 13.8 Å². The summed E-state index contributed by atoms with van der Waals surface area (Å²) in [6.45, 7) is 4.45. The minimum absolute atomic E-state index is 0.521. The van der Waals surface area contributed by atoms with Gasteiger partial charge in [-0.25, -0.2) is 9.97 Å². The van der Waals surface area contributed by atoms with Crippen LogP contribution >= 0.6 is 11.8 Å². The molecular formula is C19H22N8S. The van der Waals surface area contributed by atoms with Crippen LogP contribution in [-0.4, -0.2) is 40.1 Å². The number of aryl methyl sites for hydroxylation is 1. The molecule has 4 heterocycles. The molecule has 0 spiro atoms. The van der Waals surface area contributed by atoms with Gasteiger partial charge in [-0.3, -0.25) is 9.08 Å². The van der Waals surface area contributed by atoms with Crippen molar-refractivity contribution in [3.63, 3.8) is 0 Å². The van der Waals surface area contributed by atoms with Gasteiger partial charge < -0.3 is 5.32 Å². The smallest absolute Gasteiger partial charge is 0.228 e. The minimum atomic E-state index is 0.521. The summed E-state index contributed by atoms with van der Waals surface area (Å²) in [5, 5.41) is 16.0. The van der Waals surface area contributed by atoms with Crippen molar-refractivity contribution in [2.45, 2.75) is 19.6 Å². The summed E-state index contributed by atoms with van der Waals surface area (Å²) >= 11 is 1.88. The Kier molecular flexibility index (Phi) is 5.25. The van der Waals surface area contributed by atoms with Gasteiger partial charge in [0.15, 0.2) is 5.65 Å². The van der Waals surface area contributed by atoms with E-state index in [4.69, 9.17) is 0 Å². The SMILES string of the molecule is CC(C)CSCc1nnc2cc(-c3ccnc(Nc4ccnn4C)n3)ccn12. The van der Waals surface area contributed by atoms with Crippen molar-refractivity contribution in [1.29, 1.82) is 0 Å². The van der Waals surface area contributed by atoms with E-state index in [0.29, 0.717) is 11.9 Å². The van der Waals surface area contributed by atoms with Gasteiger partial charge in [-0.2, -0.15) is 16.9 Å². The summed E-state index contributed by atoms with van der Waals surface area (Å²) < 4.78 is 3.77. The Labute approximate surface area is 167 Å². The van der Waals surface area contributed by atoms with Crippen LogP contribution in [-0.2, 0) is 12.8 Å². The molecule has 4 aromatic rings. The van der Waals surface area contributed by atoms with Crippen LogP contribution in [0.3, 0.4) is 0 Å². The lowest BCUT2D eigenvalue weighted by atomic mass is 10.2. The van der Waals surface area contributed by atoms with Crippen molar-refractivity contribution < 1.29 is 0 Å². The lowest BCUT2D eigenvalue weighted by Gasteiger charge is -2.07. The maximum absolute atomic E-state index is 4.62. The third-order valence-electron chi connectivity index (χ3n) is 4.18. The molecule has 0 aromatic carbocycles.